The van der Waals surface area contributed by atoms with Gasteiger partial charge < -0.3 is 9.67 Å². The zero-order chi connectivity index (χ0) is 14.3. The Labute approximate surface area is 116 Å². The number of aliphatic carboxylic acids is 1. The molecule has 5 heteroatoms. The summed E-state index contributed by atoms with van der Waals surface area (Å²) in [6, 6.07) is 6.30. The molecule has 0 aliphatic carbocycles. The van der Waals surface area contributed by atoms with Crippen LogP contribution in [0.25, 0.3) is 16.8 Å². The maximum absolute atomic E-state index is 10.7. The molecule has 2 heterocycles. The van der Waals surface area contributed by atoms with E-state index in [2.05, 4.69) is 30.1 Å². The van der Waals surface area contributed by atoms with E-state index in [1.807, 2.05) is 22.2 Å². The Morgan fingerprint density at radius 3 is 2.90 bits per heavy atom. The highest BCUT2D eigenvalue weighted by Gasteiger charge is 2.12. The van der Waals surface area contributed by atoms with Crippen molar-refractivity contribution in [2.75, 3.05) is 0 Å². The zero-order valence-electron chi connectivity index (χ0n) is 11.6. The molecular formula is C15H17N3O2. The van der Waals surface area contributed by atoms with Crippen LogP contribution >= 0.6 is 0 Å². The summed E-state index contributed by atoms with van der Waals surface area (Å²) >= 11 is 0. The third-order valence-corrected chi connectivity index (χ3v) is 3.75. The minimum atomic E-state index is -0.777. The Morgan fingerprint density at radius 1 is 1.40 bits per heavy atom. The van der Waals surface area contributed by atoms with E-state index >= 15 is 0 Å². The molecule has 0 aliphatic rings. The molecule has 0 aliphatic heterocycles. The number of rotatable bonds is 4. The van der Waals surface area contributed by atoms with E-state index in [0.29, 0.717) is 6.42 Å². The molecule has 0 bridgehead atoms. The molecule has 0 saturated carbocycles. The zero-order valence-corrected chi connectivity index (χ0v) is 11.6. The van der Waals surface area contributed by atoms with E-state index in [-0.39, 0.29) is 6.42 Å². The van der Waals surface area contributed by atoms with Crippen LogP contribution in [0.2, 0.25) is 0 Å². The van der Waals surface area contributed by atoms with Crippen LogP contribution in [0.1, 0.15) is 24.6 Å². The van der Waals surface area contributed by atoms with E-state index in [9.17, 15) is 4.79 Å². The van der Waals surface area contributed by atoms with Crippen LogP contribution in [-0.2, 0) is 24.7 Å². The average Bonchev–Trinajstić information content (AvgIpc) is 2.93. The van der Waals surface area contributed by atoms with Crippen molar-refractivity contribution in [1.82, 2.24) is 14.0 Å². The lowest BCUT2D eigenvalue weighted by molar-refractivity contribution is -0.136. The highest BCUT2D eigenvalue weighted by Crippen LogP contribution is 2.21. The Hall–Kier alpha value is -2.30. The van der Waals surface area contributed by atoms with E-state index in [1.165, 1.54) is 5.56 Å². The Bertz CT molecular complexity index is 798. The number of carboxylic acid groups (broad SMARTS) is 1. The van der Waals surface area contributed by atoms with Crippen molar-refractivity contribution in [3.63, 3.8) is 0 Å². The minimum absolute atomic E-state index is 0.138. The fraction of sp³-hybridized carbons (Fsp3) is 0.333. The predicted octanol–water partition coefficient (Wildman–Crippen LogP) is 2.41. The van der Waals surface area contributed by atoms with E-state index < -0.39 is 5.97 Å². The van der Waals surface area contributed by atoms with E-state index in [0.717, 1.165) is 28.9 Å². The summed E-state index contributed by atoms with van der Waals surface area (Å²) in [7, 11) is 1.93. The summed E-state index contributed by atoms with van der Waals surface area (Å²) < 4.78 is 4.00. The van der Waals surface area contributed by atoms with Crippen molar-refractivity contribution in [2.45, 2.75) is 26.2 Å². The predicted molar refractivity (Wildman–Crippen MR) is 77.0 cm³/mol. The smallest absolute Gasteiger partial charge is 0.303 e. The van der Waals surface area contributed by atoms with Crippen LogP contribution in [0.4, 0.5) is 0 Å². The second-order valence-electron chi connectivity index (χ2n) is 5.03. The number of carbonyl (C=O) groups is 1. The van der Waals surface area contributed by atoms with Gasteiger partial charge in [0.2, 0.25) is 5.78 Å². The Balaban J connectivity index is 2.10. The number of carboxylic acids is 1. The number of hydrogen-bond donors (Lipinski definition) is 1. The van der Waals surface area contributed by atoms with Gasteiger partial charge in [-0.2, -0.15) is 0 Å². The SMILES string of the molecule is CCc1ccc2c(c1)nc1n(C)c(CCC(=O)O)cn21. The summed E-state index contributed by atoms with van der Waals surface area (Å²) in [5.41, 5.74) is 4.30. The molecule has 104 valence electrons. The molecule has 0 saturated heterocycles. The van der Waals surface area contributed by atoms with Crippen LogP contribution in [0.15, 0.2) is 24.4 Å². The van der Waals surface area contributed by atoms with Crippen molar-refractivity contribution < 1.29 is 9.90 Å². The fourth-order valence-corrected chi connectivity index (χ4v) is 2.55. The lowest BCUT2D eigenvalue weighted by atomic mass is 10.1. The van der Waals surface area contributed by atoms with Crippen molar-refractivity contribution in [3.8, 4) is 0 Å². The van der Waals surface area contributed by atoms with Gasteiger partial charge in [0.1, 0.15) is 0 Å². The maximum Gasteiger partial charge on any atom is 0.303 e. The van der Waals surface area contributed by atoms with E-state index in [1.54, 1.807) is 0 Å². The average molecular weight is 271 g/mol. The standard InChI is InChI=1S/C15H17N3O2/c1-3-10-4-6-13-12(8-10)16-15-17(2)11(9-18(13)15)5-7-14(19)20/h4,6,8-9H,3,5,7H2,1-2H3,(H,19,20). The largest absolute Gasteiger partial charge is 0.481 e. The van der Waals surface area contributed by atoms with Crippen LogP contribution < -0.4 is 0 Å². The monoisotopic (exact) mass is 271 g/mol. The molecule has 3 aromatic rings. The number of benzene rings is 1. The lowest BCUT2D eigenvalue weighted by Crippen LogP contribution is -2.02. The number of aryl methyl sites for hydroxylation is 3. The highest BCUT2D eigenvalue weighted by molar-refractivity contribution is 5.80. The molecule has 1 aromatic carbocycles. The quantitative estimate of drug-likeness (QED) is 0.792. The van der Waals surface area contributed by atoms with Crippen LogP contribution in [0, 0.1) is 0 Å². The molecule has 0 spiro atoms. The summed E-state index contributed by atoms with van der Waals surface area (Å²) in [6.07, 6.45) is 3.63. The van der Waals surface area contributed by atoms with Crippen molar-refractivity contribution >= 4 is 22.8 Å². The van der Waals surface area contributed by atoms with Crippen molar-refractivity contribution in [3.05, 3.63) is 35.7 Å². The Kier molecular flexibility index (Phi) is 2.97. The lowest BCUT2D eigenvalue weighted by Gasteiger charge is -1.99. The summed E-state index contributed by atoms with van der Waals surface area (Å²) in [4.78, 5) is 15.3. The topological polar surface area (TPSA) is 59.5 Å². The maximum atomic E-state index is 10.7. The van der Waals surface area contributed by atoms with Crippen LogP contribution in [0.3, 0.4) is 0 Å². The summed E-state index contributed by atoms with van der Waals surface area (Å²) in [5.74, 6) is 0.0786. The number of hydrogen-bond acceptors (Lipinski definition) is 2. The molecule has 2 aromatic heterocycles. The van der Waals surface area contributed by atoms with Gasteiger partial charge in [-0.25, -0.2) is 4.98 Å². The number of nitrogens with zero attached hydrogens (tertiary/aromatic N) is 3. The van der Waals surface area contributed by atoms with Crippen LogP contribution in [-0.4, -0.2) is 25.0 Å². The van der Waals surface area contributed by atoms with Gasteiger partial charge in [0.25, 0.3) is 0 Å². The van der Waals surface area contributed by atoms with Gasteiger partial charge >= 0.3 is 5.97 Å². The first kappa shape index (κ1) is 12.7. The third kappa shape index (κ3) is 1.95. The normalized spacial score (nSPS) is 11.5. The Morgan fingerprint density at radius 2 is 2.20 bits per heavy atom. The van der Waals surface area contributed by atoms with Gasteiger partial charge in [0.05, 0.1) is 17.5 Å². The molecule has 0 fully saturated rings. The molecule has 0 unspecified atom stereocenters. The van der Waals surface area contributed by atoms with Crippen molar-refractivity contribution in [1.29, 1.82) is 0 Å². The first-order chi connectivity index (χ1) is 9.60. The molecule has 0 amide bonds. The van der Waals surface area contributed by atoms with Gasteiger partial charge in [0.15, 0.2) is 0 Å². The first-order valence-electron chi connectivity index (χ1n) is 6.77. The highest BCUT2D eigenvalue weighted by atomic mass is 16.4. The van der Waals surface area contributed by atoms with Gasteiger partial charge in [-0.3, -0.25) is 9.20 Å². The molecule has 0 atom stereocenters. The third-order valence-electron chi connectivity index (χ3n) is 3.75. The molecular weight excluding hydrogens is 254 g/mol. The first-order valence-corrected chi connectivity index (χ1v) is 6.77. The number of imidazole rings is 2. The van der Waals surface area contributed by atoms with Gasteiger partial charge in [-0.1, -0.05) is 13.0 Å². The molecule has 20 heavy (non-hydrogen) atoms. The summed E-state index contributed by atoms with van der Waals surface area (Å²) in [6.45, 7) is 2.13. The second-order valence-corrected chi connectivity index (χ2v) is 5.03. The molecule has 3 rings (SSSR count). The number of aromatic nitrogens is 3. The molecule has 0 radical (unpaired) electrons. The summed E-state index contributed by atoms with van der Waals surface area (Å²) in [5, 5.41) is 8.79. The molecule has 5 nitrogen and oxygen atoms in total. The molecule has 1 N–H and O–H groups in total. The van der Waals surface area contributed by atoms with Gasteiger partial charge in [-0.15, -0.1) is 0 Å². The van der Waals surface area contributed by atoms with E-state index in [4.69, 9.17) is 5.11 Å². The van der Waals surface area contributed by atoms with Crippen LogP contribution in [0.5, 0.6) is 0 Å². The fourth-order valence-electron chi connectivity index (χ4n) is 2.55. The van der Waals surface area contributed by atoms with Gasteiger partial charge in [-0.05, 0) is 30.5 Å². The van der Waals surface area contributed by atoms with Crippen molar-refractivity contribution in [2.24, 2.45) is 7.05 Å². The van der Waals surface area contributed by atoms with Gasteiger partial charge in [0, 0.05) is 18.9 Å². The second kappa shape index (κ2) is 4.67. The number of fused-ring (bicyclic) bond motifs is 3. The minimum Gasteiger partial charge on any atom is -0.481 e.